The van der Waals surface area contributed by atoms with Gasteiger partial charge in [-0.25, -0.2) is 4.98 Å². The van der Waals surface area contributed by atoms with E-state index in [2.05, 4.69) is 17.0 Å². The van der Waals surface area contributed by atoms with Crippen LogP contribution < -0.4 is 10.3 Å². The van der Waals surface area contributed by atoms with Gasteiger partial charge in [-0.15, -0.1) is 0 Å². The zero-order valence-corrected chi connectivity index (χ0v) is 18.5. The number of nitrogens with zero attached hydrogens (tertiary/aromatic N) is 3. The Labute approximate surface area is 185 Å². The monoisotopic (exact) mass is 435 g/mol. The van der Waals surface area contributed by atoms with Crippen molar-refractivity contribution in [2.75, 3.05) is 27.2 Å². The molecule has 6 nitrogen and oxygen atoms in total. The molecule has 0 aliphatic heterocycles. The molecule has 0 fully saturated rings. The lowest BCUT2D eigenvalue weighted by atomic mass is 10.2. The number of fused-ring (bicyclic) bond motifs is 1. The maximum atomic E-state index is 13.4. The van der Waals surface area contributed by atoms with Gasteiger partial charge in [-0.2, -0.15) is 0 Å². The van der Waals surface area contributed by atoms with Gasteiger partial charge in [0.05, 0.1) is 23.7 Å². The Morgan fingerprint density at radius 2 is 1.94 bits per heavy atom. The van der Waals surface area contributed by atoms with Gasteiger partial charge in [0.1, 0.15) is 18.1 Å². The fraction of sp³-hybridized carbons (Fsp3) is 0.250. The number of hydrogen-bond acceptors (Lipinski definition) is 6. The first-order chi connectivity index (χ1) is 15.1. The number of hydrogen-bond donors (Lipinski definition) is 0. The zero-order chi connectivity index (χ0) is 21.6. The quantitative estimate of drug-likeness (QED) is 0.289. The molecule has 0 bridgehead atoms. The van der Waals surface area contributed by atoms with E-state index in [4.69, 9.17) is 14.1 Å². The average molecular weight is 436 g/mol. The fourth-order valence-electron chi connectivity index (χ4n) is 3.15. The Balaban J connectivity index is 1.68. The van der Waals surface area contributed by atoms with E-state index in [-0.39, 0.29) is 5.56 Å². The summed E-state index contributed by atoms with van der Waals surface area (Å²) < 4.78 is 13.0. The van der Waals surface area contributed by atoms with E-state index in [0.29, 0.717) is 40.7 Å². The van der Waals surface area contributed by atoms with Crippen LogP contribution in [0.15, 0.2) is 81.3 Å². The van der Waals surface area contributed by atoms with Crippen LogP contribution in [-0.2, 0) is 12.3 Å². The van der Waals surface area contributed by atoms with Crippen LogP contribution in [0.2, 0.25) is 0 Å². The Morgan fingerprint density at radius 3 is 2.68 bits per heavy atom. The molecular weight excluding hydrogens is 410 g/mol. The summed E-state index contributed by atoms with van der Waals surface area (Å²) in [6.45, 7) is 1.68. The number of likely N-dealkylation sites (N-methyl/N-ethyl adjacent to an activating group) is 1. The third kappa shape index (κ3) is 5.37. The first-order valence-corrected chi connectivity index (χ1v) is 11.1. The average Bonchev–Trinajstić information content (AvgIpc) is 3.28. The molecule has 0 spiro atoms. The normalized spacial score (nSPS) is 11.3. The van der Waals surface area contributed by atoms with E-state index in [0.717, 1.165) is 12.3 Å². The van der Waals surface area contributed by atoms with Crippen LogP contribution in [0.4, 0.5) is 0 Å². The SMILES string of the molecule is CN(C)CCOc1ccc2nc(SCc3ccccc3)n(Cc3ccco3)c(=O)c2c1. The lowest BCUT2D eigenvalue weighted by Gasteiger charge is -2.14. The standard InChI is InChI=1S/C24H25N3O3S/c1-26(2)12-14-30-19-10-11-22-21(15-19)23(28)27(16-20-9-6-13-29-20)24(25-22)31-17-18-7-4-3-5-8-18/h3-11,13,15H,12,14,16-17H2,1-2H3. The van der Waals surface area contributed by atoms with Crippen LogP contribution in [0.25, 0.3) is 10.9 Å². The predicted molar refractivity (Wildman–Crippen MR) is 124 cm³/mol. The van der Waals surface area contributed by atoms with Gasteiger partial charge in [0.25, 0.3) is 5.56 Å². The molecular formula is C24H25N3O3S. The summed E-state index contributed by atoms with van der Waals surface area (Å²) in [5, 5.41) is 1.21. The second-order valence-corrected chi connectivity index (χ2v) is 8.41. The predicted octanol–water partition coefficient (Wildman–Crippen LogP) is 4.27. The second-order valence-electron chi connectivity index (χ2n) is 7.47. The van der Waals surface area contributed by atoms with Crippen LogP contribution >= 0.6 is 11.8 Å². The molecule has 160 valence electrons. The van der Waals surface area contributed by atoms with Crippen molar-refractivity contribution in [1.29, 1.82) is 0 Å². The molecule has 2 aromatic heterocycles. The van der Waals surface area contributed by atoms with Crippen molar-refractivity contribution < 1.29 is 9.15 Å². The number of ether oxygens (including phenoxy) is 1. The first-order valence-electron chi connectivity index (χ1n) is 10.1. The number of thioether (sulfide) groups is 1. The Hall–Kier alpha value is -3.03. The van der Waals surface area contributed by atoms with Gasteiger partial charge < -0.3 is 14.1 Å². The molecule has 31 heavy (non-hydrogen) atoms. The summed E-state index contributed by atoms with van der Waals surface area (Å²) in [7, 11) is 3.99. The molecule has 0 amide bonds. The summed E-state index contributed by atoms with van der Waals surface area (Å²) in [4.78, 5) is 20.3. The van der Waals surface area contributed by atoms with Gasteiger partial charge in [0.2, 0.25) is 0 Å². The summed E-state index contributed by atoms with van der Waals surface area (Å²) in [5.74, 6) is 2.11. The van der Waals surface area contributed by atoms with Gasteiger partial charge in [0.15, 0.2) is 5.16 Å². The van der Waals surface area contributed by atoms with E-state index in [1.165, 1.54) is 5.56 Å². The van der Waals surface area contributed by atoms with Gasteiger partial charge >= 0.3 is 0 Å². The number of rotatable bonds is 9. The molecule has 0 unspecified atom stereocenters. The largest absolute Gasteiger partial charge is 0.492 e. The molecule has 7 heteroatoms. The van der Waals surface area contributed by atoms with Crippen molar-refractivity contribution in [3.8, 4) is 5.75 Å². The van der Waals surface area contributed by atoms with Gasteiger partial charge in [-0.05, 0) is 50.0 Å². The summed E-state index contributed by atoms with van der Waals surface area (Å²) in [6, 6.07) is 19.3. The van der Waals surface area contributed by atoms with Crippen molar-refractivity contribution in [3.05, 3.63) is 88.6 Å². The molecule has 0 atom stereocenters. The van der Waals surface area contributed by atoms with E-state index >= 15 is 0 Å². The topological polar surface area (TPSA) is 60.5 Å². The van der Waals surface area contributed by atoms with Crippen molar-refractivity contribution >= 4 is 22.7 Å². The minimum atomic E-state index is -0.102. The highest BCUT2D eigenvalue weighted by Gasteiger charge is 2.14. The Kier molecular flexibility index (Phi) is 6.74. The molecule has 0 saturated heterocycles. The van der Waals surface area contributed by atoms with Crippen molar-refractivity contribution in [1.82, 2.24) is 14.5 Å². The molecule has 0 radical (unpaired) electrons. The lowest BCUT2D eigenvalue weighted by molar-refractivity contribution is 0.261. The van der Waals surface area contributed by atoms with E-state index in [1.807, 2.05) is 56.6 Å². The molecule has 0 N–H and O–H groups in total. The summed E-state index contributed by atoms with van der Waals surface area (Å²) >= 11 is 1.55. The van der Waals surface area contributed by atoms with Gasteiger partial charge in [-0.3, -0.25) is 9.36 Å². The zero-order valence-electron chi connectivity index (χ0n) is 17.7. The lowest BCUT2D eigenvalue weighted by Crippen LogP contribution is -2.24. The van der Waals surface area contributed by atoms with Crippen molar-refractivity contribution in [2.24, 2.45) is 0 Å². The van der Waals surface area contributed by atoms with Crippen molar-refractivity contribution in [3.63, 3.8) is 0 Å². The minimum Gasteiger partial charge on any atom is -0.492 e. The molecule has 0 saturated carbocycles. The molecule has 4 rings (SSSR count). The molecule has 2 heterocycles. The highest BCUT2D eigenvalue weighted by atomic mass is 32.2. The summed E-state index contributed by atoms with van der Waals surface area (Å²) in [5.41, 5.74) is 1.74. The number of furan rings is 1. The smallest absolute Gasteiger partial charge is 0.262 e. The maximum absolute atomic E-state index is 13.4. The first kappa shape index (κ1) is 21.2. The molecule has 0 aliphatic carbocycles. The Morgan fingerprint density at radius 1 is 1.10 bits per heavy atom. The van der Waals surface area contributed by atoms with Gasteiger partial charge in [0, 0.05) is 12.3 Å². The number of aromatic nitrogens is 2. The van der Waals surface area contributed by atoms with Crippen LogP contribution in [0, 0.1) is 0 Å². The summed E-state index contributed by atoms with van der Waals surface area (Å²) in [6.07, 6.45) is 1.61. The van der Waals surface area contributed by atoms with Crippen LogP contribution in [-0.4, -0.2) is 41.7 Å². The molecule has 4 aromatic rings. The van der Waals surface area contributed by atoms with Gasteiger partial charge in [-0.1, -0.05) is 42.1 Å². The fourth-order valence-corrected chi connectivity index (χ4v) is 4.10. The van der Waals surface area contributed by atoms with Crippen LogP contribution in [0.5, 0.6) is 5.75 Å². The van der Waals surface area contributed by atoms with E-state index in [9.17, 15) is 4.79 Å². The van der Waals surface area contributed by atoms with Crippen molar-refractivity contribution in [2.45, 2.75) is 17.5 Å². The van der Waals surface area contributed by atoms with E-state index < -0.39 is 0 Å². The van der Waals surface area contributed by atoms with Crippen LogP contribution in [0.3, 0.4) is 0 Å². The third-order valence-corrected chi connectivity index (χ3v) is 5.85. The Bertz CT molecular complexity index is 1190. The third-order valence-electron chi connectivity index (χ3n) is 4.80. The number of benzene rings is 2. The molecule has 0 aliphatic rings. The highest BCUT2D eigenvalue weighted by Crippen LogP contribution is 2.24. The maximum Gasteiger partial charge on any atom is 0.262 e. The second kappa shape index (κ2) is 9.85. The molecule has 2 aromatic carbocycles. The van der Waals surface area contributed by atoms with E-state index in [1.54, 1.807) is 28.7 Å². The highest BCUT2D eigenvalue weighted by molar-refractivity contribution is 7.98. The minimum absolute atomic E-state index is 0.102. The van der Waals surface area contributed by atoms with Crippen LogP contribution in [0.1, 0.15) is 11.3 Å².